The van der Waals surface area contributed by atoms with Gasteiger partial charge in [-0.05, 0) is 30.5 Å². The Labute approximate surface area is 113 Å². The highest BCUT2D eigenvalue weighted by Gasteiger charge is 2.02. The van der Waals surface area contributed by atoms with Crippen molar-refractivity contribution in [3.63, 3.8) is 0 Å². The van der Waals surface area contributed by atoms with Gasteiger partial charge in [-0.25, -0.2) is 9.97 Å². The van der Waals surface area contributed by atoms with Gasteiger partial charge in [-0.3, -0.25) is 0 Å². The maximum atomic E-state index is 8.73. The predicted octanol–water partition coefficient (Wildman–Crippen LogP) is 2.31. The lowest BCUT2D eigenvalue weighted by molar-refractivity contribution is 0.476. The summed E-state index contributed by atoms with van der Waals surface area (Å²) in [5, 5.41) is 9.40. The van der Waals surface area contributed by atoms with E-state index in [1.54, 1.807) is 12.3 Å². The minimum absolute atomic E-state index is 0.0347. The van der Waals surface area contributed by atoms with Crippen molar-refractivity contribution in [1.29, 1.82) is 0 Å². The van der Waals surface area contributed by atoms with Gasteiger partial charge in [0.1, 0.15) is 0 Å². The summed E-state index contributed by atoms with van der Waals surface area (Å²) in [5.74, 6) is 0.208. The van der Waals surface area contributed by atoms with Crippen molar-refractivity contribution in [3.05, 3.63) is 36.7 Å². The number of rotatable bonds is 1. The van der Waals surface area contributed by atoms with Crippen LogP contribution >= 0.6 is 11.8 Å². The lowest BCUT2D eigenvalue weighted by atomic mass is 10.4. The summed E-state index contributed by atoms with van der Waals surface area (Å²) in [6.45, 7) is 0. The first kappa shape index (κ1) is 13.2. The van der Waals surface area contributed by atoms with E-state index in [0.717, 1.165) is 5.58 Å². The fraction of sp³-hybridized carbons (Fsp3) is 0.0833. The molecule has 0 radical (unpaired) electrons. The first-order chi connectivity index (χ1) is 9.20. The van der Waals surface area contributed by atoms with Crippen LogP contribution < -0.4 is 5.73 Å². The van der Waals surface area contributed by atoms with Crippen molar-refractivity contribution < 1.29 is 9.52 Å². The third-order valence-corrected chi connectivity index (χ3v) is 2.66. The Hall–Kier alpha value is -2.28. The van der Waals surface area contributed by atoms with Crippen molar-refractivity contribution in [2.24, 2.45) is 0 Å². The number of fused-ring (bicyclic) bond motifs is 1. The van der Waals surface area contributed by atoms with E-state index in [4.69, 9.17) is 15.3 Å². The van der Waals surface area contributed by atoms with Crippen molar-refractivity contribution in [3.8, 4) is 5.75 Å². The molecule has 0 spiro atoms. The number of nitrogen functional groups attached to an aromatic ring is 1. The van der Waals surface area contributed by atoms with Crippen LogP contribution in [0.3, 0.4) is 0 Å². The van der Waals surface area contributed by atoms with Crippen LogP contribution in [0.5, 0.6) is 5.75 Å². The average Bonchev–Trinajstić information content (AvgIpc) is 2.86. The Morgan fingerprint density at radius 2 is 1.95 bits per heavy atom. The number of aromatic nitrogens is 3. The molecule has 0 aromatic carbocycles. The number of hydrogen-bond donors (Lipinski definition) is 2. The van der Waals surface area contributed by atoms with E-state index in [2.05, 4.69) is 15.0 Å². The standard InChI is InChI=1S/C7H6N2OS.C5H6N2O/c1-11-7-9-6-5(10-7)3-2-4-8-6;6-5-4(8)2-1-3-7-5/h2-4H,1H3;1-3,8H,(H2,6,7). The second kappa shape index (κ2) is 6.05. The third kappa shape index (κ3) is 3.35. The van der Waals surface area contributed by atoms with Crippen LogP contribution in [-0.2, 0) is 0 Å². The molecular weight excluding hydrogens is 264 g/mol. The van der Waals surface area contributed by atoms with E-state index in [1.165, 1.54) is 24.0 Å². The second-order valence-corrected chi connectivity index (χ2v) is 4.17. The molecule has 0 atom stereocenters. The van der Waals surface area contributed by atoms with E-state index in [9.17, 15) is 0 Å². The minimum atomic E-state index is 0.0347. The normalized spacial score (nSPS) is 9.95. The van der Waals surface area contributed by atoms with Gasteiger partial charge in [-0.15, -0.1) is 0 Å². The highest BCUT2D eigenvalue weighted by molar-refractivity contribution is 7.98. The molecule has 0 saturated carbocycles. The number of aromatic hydroxyl groups is 1. The number of pyridine rings is 2. The van der Waals surface area contributed by atoms with Crippen molar-refractivity contribution >= 4 is 28.8 Å². The van der Waals surface area contributed by atoms with E-state index in [0.29, 0.717) is 10.9 Å². The number of nitrogens with zero attached hydrogens (tertiary/aromatic N) is 3. The SMILES string of the molecule is CSc1nc2ncccc2o1.Nc1ncccc1O. The third-order valence-electron chi connectivity index (χ3n) is 2.14. The smallest absolute Gasteiger partial charge is 0.258 e. The molecule has 0 amide bonds. The van der Waals surface area contributed by atoms with Gasteiger partial charge in [-0.2, -0.15) is 4.98 Å². The van der Waals surface area contributed by atoms with Gasteiger partial charge in [0.2, 0.25) is 0 Å². The fourth-order valence-electron chi connectivity index (χ4n) is 1.25. The molecule has 7 heteroatoms. The molecule has 98 valence electrons. The second-order valence-electron chi connectivity index (χ2n) is 3.42. The zero-order valence-electron chi connectivity index (χ0n) is 10.1. The molecule has 0 unspecified atom stereocenters. The van der Waals surface area contributed by atoms with Gasteiger partial charge >= 0.3 is 0 Å². The molecule has 0 saturated heterocycles. The van der Waals surface area contributed by atoms with Gasteiger partial charge in [0.25, 0.3) is 5.22 Å². The summed E-state index contributed by atoms with van der Waals surface area (Å²) in [4.78, 5) is 11.8. The van der Waals surface area contributed by atoms with E-state index < -0.39 is 0 Å². The Balaban J connectivity index is 0.000000148. The Kier molecular flexibility index (Phi) is 4.19. The minimum Gasteiger partial charge on any atom is -0.504 e. The summed E-state index contributed by atoms with van der Waals surface area (Å²) in [7, 11) is 0. The molecule has 0 fully saturated rings. The summed E-state index contributed by atoms with van der Waals surface area (Å²) >= 11 is 1.48. The summed E-state index contributed by atoms with van der Waals surface area (Å²) in [6.07, 6.45) is 5.15. The van der Waals surface area contributed by atoms with Crippen LogP contribution in [0, 0.1) is 0 Å². The van der Waals surface area contributed by atoms with Crippen LogP contribution in [0.1, 0.15) is 0 Å². The predicted molar refractivity (Wildman–Crippen MR) is 73.9 cm³/mol. The lowest BCUT2D eigenvalue weighted by Crippen LogP contribution is -1.87. The van der Waals surface area contributed by atoms with E-state index in [1.807, 2.05) is 18.4 Å². The van der Waals surface area contributed by atoms with Gasteiger partial charge in [0.05, 0.1) is 0 Å². The van der Waals surface area contributed by atoms with Gasteiger partial charge in [0, 0.05) is 12.4 Å². The largest absolute Gasteiger partial charge is 0.504 e. The monoisotopic (exact) mass is 276 g/mol. The highest BCUT2D eigenvalue weighted by atomic mass is 32.2. The Morgan fingerprint density at radius 3 is 2.53 bits per heavy atom. The lowest BCUT2D eigenvalue weighted by Gasteiger charge is -1.91. The number of hydrogen-bond acceptors (Lipinski definition) is 7. The van der Waals surface area contributed by atoms with Gasteiger partial charge in [0.15, 0.2) is 22.8 Å². The first-order valence-corrected chi connectivity index (χ1v) is 6.58. The van der Waals surface area contributed by atoms with Crippen LogP contribution in [-0.4, -0.2) is 26.3 Å². The molecule has 0 aliphatic heterocycles. The molecule has 6 nitrogen and oxygen atoms in total. The van der Waals surface area contributed by atoms with Crippen LogP contribution in [0.4, 0.5) is 5.82 Å². The molecular formula is C12H12N4O2S. The molecule has 19 heavy (non-hydrogen) atoms. The highest BCUT2D eigenvalue weighted by Crippen LogP contribution is 2.18. The van der Waals surface area contributed by atoms with Crippen molar-refractivity contribution in [1.82, 2.24) is 15.0 Å². The summed E-state index contributed by atoms with van der Waals surface area (Å²) < 4.78 is 5.31. The van der Waals surface area contributed by atoms with Gasteiger partial charge in [-0.1, -0.05) is 11.8 Å². The number of nitrogens with two attached hydrogens (primary N) is 1. The summed E-state index contributed by atoms with van der Waals surface area (Å²) in [6, 6.07) is 6.79. The van der Waals surface area contributed by atoms with Crippen LogP contribution in [0.2, 0.25) is 0 Å². The maximum absolute atomic E-state index is 8.73. The zero-order valence-corrected chi connectivity index (χ0v) is 11.0. The molecule has 0 aliphatic rings. The molecule has 3 heterocycles. The quantitative estimate of drug-likeness (QED) is 0.658. The topological polar surface area (TPSA) is 98.1 Å². The van der Waals surface area contributed by atoms with Crippen LogP contribution in [0.15, 0.2) is 46.3 Å². The first-order valence-electron chi connectivity index (χ1n) is 5.35. The Bertz CT molecular complexity index is 617. The van der Waals surface area contributed by atoms with E-state index in [-0.39, 0.29) is 11.6 Å². The molecule has 3 N–H and O–H groups in total. The summed E-state index contributed by atoms with van der Waals surface area (Å²) in [5.41, 5.74) is 6.58. The number of thioether (sulfide) groups is 1. The molecule has 3 aromatic heterocycles. The van der Waals surface area contributed by atoms with Crippen LogP contribution in [0.25, 0.3) is 11.2 Å². The molecule has 0 aliphatic carbocycles. The molecule has 3 aromatic rings. The van der Waals surface area contributed by atoms with E-state index >= 15 is 0 Å². The Morgan fingerprint density at radius 1 is 1.21 bits per heavy atom. The average molecular weight is 276 g/mol. The molecule has 0 bridgehead atoms. The van der Waals surface area contributed by atoms with Crippen molar-refractivity contribution in [2.75, 3.05) is 12.0 Å². The van der Waals surface area contributed by atoms with Crippen molar-refractivity contribution in [2.45, 2.75) is 5.22 Å². The van der Waals surface area contributed by atoms with Gasteiger partial charge < -0.3 is 15.3 Å². The maximum Gasteiger partial charge on any atom is 0.258 e. The molecule has 3 rings (SSSR count). The zero-order chi connectivity index (χ0) is 13.7. The fourth-order valence-corrected chi connectivity index (χ4v) is 1.60. The number of oxazole rings is 1. The number of anilines is 1.